The lowest BCUT2D eigenvalue weighted by molar-refractivity contribution is -0.113. The third kappa shape index (κ3) is 6.09. The molecular weight excluding hydrogens is 510 g/mol. The minimum atomic E-state index is -0.317. The number of hydrogen-bond acceptors (Lipinski definition) is 6. The molecule has 0 spiro atoms. The van der Waals surface area contributed by atoms with Crippen molar-refractivity contribution in [3.63, 3.8) is 0 Å². The molecule has 3 aromatic carbocycles. The van der Waals surface area contributed by atoms with Crippen LogP contribution in [0.3, 0.4) is 0 Å². The lowest BCUT2D eigenvalue weighted by Gasteiger charge is -2.41. The molecule has 0 aliphatic carbocycles. The van der Waals surface area contributed by atoms with Gasteiger partial charge in [-0.2, -0.15) is 0 Å². The van der Waals surface area contributed by atoms with Crippen LogP contribution in [0.15, 0.2) is 89.1 Å². The number of amides is 3. The maximum Gasteiger partial charge on any atom is 0.323 e. The van der Waals surface area contributed by atoms with Crippen molar-refractivity contribution in [3.05, 3.63) is 95.2 Å². The Bertz CT molecular complexity index is 1430. The van der Waals surface area contributed by atoms with E-state index in [-0.39, 0.29) is 18.0 Å². The highest BCUT2D eigenvalue weighted by atomic mass is 32.2. The van der Waals surface area contributed by atoms with Gasteiger partial charge in [-0.05, 0) is 79.9 Å². The lowest BCUT2D eigenvalue weighted by atomic mass is 9.93. The number of anilines is 3. The summed E-state index contributed by atoms with van der Waals surface area (Å²) in [7, 11) is 1.61. The largest absolute Gasteiger partial charge is 0.497 e. The van der Waals surface area contributed by atoms with Crippen LogP contribution in [0.25, 0.3) is 0 Å². The molecular formula is C30H31N5O3S. The fourth-order valence-electron chi connectivity index (χ4n) is 4.74. The van der Waals surface area contributed by atoms with Gasteiger partial charge in [-0.1, -0.05) is 36.0 Å². The number of carbonyl (C=O) groups is 2. The molecule has 200 valence electrons. The topological polar surface area (TPSA) is 95.1 Å². The monoisotopic (exact) mass is 541 g/mol. The Morgan fingerprint density at radius 3 is 2.33 bits per heavy atom. The van der Waals surface area contributed by atoms with Crippen LogP contribution in [0.4, 0.5) is 21.9 Å². The molecule has 9 heteroatoms. The zero-order valence-corrected chi connectivity index (χ0v) is 23.0. The van der Waals surface area contributed by atoms with E-state index in [1.807, 2.05) is 86.6 Å². The van der Waals surface area contributed by atoms with Gasteiger partial charge in [-0.25, -0.2) is 9.79 Å². The molecule has 1 fully saturated rings. The van der Waals surface area contributed by atoms with Gasteiger partial charge < -0.3 is 25.6 Å². The van der Waals surface area contributed by atoms with Gasteiger partial charge in [0.2, 0.25) is 0 Å². The predicted molar refractivity (Wildman–Crippen MR) is 159 cm³/mol. The van der Waals surface area contributed by atoms with Crippen molar-refractivity contribution in [2.24, 2.45) is 4.99 Å². The number of amidine groups is 1. The molecule has 0 aromatic heterocycles. The van der Waals surface area contributed by atoms with Crippen molar-refractivity contribution in [2.45, 2.75) is 26.3 Å². The number of hydrogen-bond donors (Lipinski definition) is 3. The van der Waals surface area contributed by atoms with E-state index in [1.165, 1.54) is 0 Å². The zero-order valence-electron chi connectivity index (χ0n) is 22.2. The number of aryl methyl sites for hydroxylation is 1. The van der Waals surface area contributed by atoms with E-state index < -0.39 is 0 Å². The summed E-state index contributed by atoms with van der Waals surface area (Å²) >= 11 is 1.72. The van der Waals surface area contributed by atoms with E-state index in [1.54, 1.807) is 18.9 Å². The van der Waals surface area contributed by atoms with E-state index in [4.69, 9.17) is 9.73 Å². The van der Waals surface area contributed by atoms with Crippen LogP contribution >= 0.6 is 11.8 Å². The van der Waals surface area contributed by atoms with Crippen molar-refractivity contribution in [3.8, 4) is 5.75 Å². The Hall–Kier alpha value is -4.24. The predicted octanol–water partition coefficient (Wildman–Crippen LogP) is 6.41. The normalized spacial score (nSPS) is 16.6. The van der Waals surface area contributed by atoms with Crippen LogP contribution in [-0.2, 0) is 4.79 Å². The standard InChI is InChI=1S/C30H31N5O3S/c1-19-6-4-7-24(18-19)34-29(37)33-23-10-8-21(9-11-23)27-26(20(2)31-30-35(27)16-5-17-39-30)28(36)32-22-12-14-25(38-3)15-13-22/h4,6-15,18,27H,5,16-17H2,1-3H3,(H,32,36)(H2,33,34,37). The maximum absolute atomic E-state index is 13.6. The summed E-state index contributed by atoms with van der Waals surface area (Å²) in [5, 5.41) is 9.72. The highest BCUT2D eigenvalue weighted by Gasteiger charge is 2.37. The van der Waals surface area contributed by atoms with E-state index in [2.05, 4.69) is 20.9 Å². The van der Waals surface area contributed by atoms with E-state index in [0.29, 0.717) is 22.6 Å². The van der Waals surface area contributed by atoms with E-state index in [0.717, 1.165) is 46.4 Å². The molecule has 39 heavy (non-hydrogen) atoms. The van der Waals surface area contributed by atoms with E-state index in [9.17, 15) is 9.59 Å². The number of methoxy groups -OCH3 is 1. The Morgan fingerprint density at radius 2 is 1.62 bits per heavy atom. The van der Waals surface area contributed by atoms with Gasteiger partial charge >= 0.3 is 6.03 Å². The summed E-state index contributed by atoms with van der Waals surface area (Å²) < 4.78 is 5.23. The van der Waals surface area contributed by atoms with Crippen molar-refractivity contribution < 1.29 is 14.3 Å². The molecule has 1 atom stereocenters. The Labute approximate surface area is 232 Å². The molecule has 1 unspecified atom stereocenters. The number of aliphatic imine (C=N–C) groups is 1. The first kappa shape index (κ1) is 26.4. The van der Waals surface area contributed by atoms with Crippen LogP contribution < -0.4 is 20.7 Å². The summed E-state index contributed by atoms with van der Waals surface area (Å²) in [5.41, 5.74) is 5.40. The number of nitrogens with zero attached hydrogens (tertiary/aromatic N) is 2. The Kier molecular flexibility index (Phi) is 7.88. The number of carbonyl (C=O) groups excluding carboxylic acids is 2. The number of benzene rings is 3. The van der Waals surface area contributed by atoms with Crippen LogP contribution in [0.1, 0.15) is 30.5 Å². The van der Waals surface area contributed by atoms with Gasteiger partial charge in [0.05, 0.1) is 24.4 Å². The molecule has 0 bridgehead atoms. The SMILES string of the molecule is COc1ccc(NC(=O)C2=C(C)N=C3SCCCN3C2c2ccc(NC(=O)Nc3cccc(C)c3)cc2)cc1. The first-order chi connectivity index (χ1) is 18.9. The van der Waals surface area contributed by atoms with Crippen molar-refractivity contribution in [1.29, 1.82) is 0 Å². The summed E-state index contributed by atoms with van der Waals surface area (Å²) in [5.74, 6) is 1.53. The molecule has 5 rings (SSSR count). The third-order valence-electron chi connectivity index (χ3n) is 6.61. The third-order valence-corrected chi connectivity index (χ3v) is 7.69. The van der Waals surface area contributed by atoms with Gasteiger partial charge in [-0.15, -0.1) is 0 Å². The van der Waals surface area contributed by atoms with Gasteiger partial charge in [0.15, 0.2) is 5.17 Å². The number of rotatable bonds is 6. The molecule has 3 amide bonds. The molecule has 2 aliphatic heterocycles. The highest BCUT2D eigenvalue weighted by Crippen LogP contribution is 2.40. The fraction of sp³-hybridized carbons (Fsp3) is 0.233. The number of fused-ring (bicyclic) bond motifs is 1. The van der Waals surface area contributed by atoms with Gasteiger partial charge in [0.25, 0.3) is 5.91 Å². The molecule has 3 aromatic rings. The van der Waals surface area contributed by atoms with Gasteiger partial charge in [-0.3, -0.25) is 4.79 Å². The number of urea groups is 1. The second-order valence-electron chi connectivity index (χ2n) is 9.44. The van der Waals surface area contributed by atoms with Crippen LogP contribution in [0.2, 0.25) is 0 Å². The number of nitrogens with one attached hydrogen (secondary N) is 3. The van der Waals surface area contributed by atoms with Gasteiger partial charge in [0, 0.05) is 29.4 Å². The highest BCUT2D eigenvalue weighted by molar-refractivity contribution is 8.13. The lowest BCUT2D eigenvalue weighted by Crippen LogP contribution is -2.43. The van der Waals surface area contributed by atoms with E-state index >= 15 is 0 Å². The van der Waals surface area contributed by atoms with Gasteiger partial charge in [0.1, 0.15) is 5.75 Å². The van der Waals surface area contributed by atoms with Crippen molar-refractivity contribution >= 4 is 45.9 Å². The average molecular weight is 542 g/mol. The molecule has 1 saturated heterocycles. The second-order valence-corrected chi connectivity index (χ2v) is 10.5. The summed E-state index contributed by atoms with van der Waals surface area (Å²) in [4.78, 5) is 33.2. The Balaban J connectivity index is 1.37. The molecule has 3 N–H and O–H groups in total. The molecule has 0 saturated carbocycles. The average Bonchev–Trinajstić information content (AvgIpc) is 2.93. The van der Waals surface area contributed by atoms with Crippen LogP contribution in [-0.4, -0.2) is 41.4 Å². The quantitative estimate of drug-likeness (QED) is 0.335. The maximum atomic E-state index is 13.6. The first-order valence-electron chi connectivity index (χ1n) is 12.8. The van der Waals surface area contributed by atoms with Crippen molar-refractivity contribution in [2.75, 3.05) is 35.4 Å². The molecule has 0 radical (unpaired) electrons. The summed E-state index contributed by atoms with van der Waals surface area (Å²) in [6.07, 6.45) is 1.01. The smallest absolute Gasteiger partial charge is 0.323 e. The minimum absolute atomic E-state index is 0.194. The second kappa shape index (κ2) is 11.7. The number of allylic oxidation sites excluding steroid dienone is 1. The zero-order chi connectivity index (χ0) is 27.4. The molecule has 8 nitrogen and oxygen atoms in total. The minimum Gasteiger partial charge on any atom is -0.497 e. The summed E-state index contributed by atoms with van der Waals surface area (Å²) in [6.45, 7) is 4.68. The summed E-state index contributed by atoms with van der Waals surface area (Å²) in [6, 6.07) is 21.9. The molecule has 2 heterocycles. The first-order valence-corrected chi connectivity index (χ1v) is 13.8. The number of ether oxygens (including phenoxy) is 1. The Morgan fingerprint density at radius 1 is 0.923 bits per heavy atom. The van der Waals surface area contributed by atoms with Crippen LogP contribution in [0.5, 0.6) is 5.75 Å². The fourth-order valence-corrected chi connectivity index (χ4v) is 5.76. The number of thioether (sulfide) groups is 1. The van der Waals surface area contributed by atoms with Crippen LogP contribution in [0, 0.1) is 6.92 Å². The molecule has 2 aliphatic rings. The van der Waals surface area contributed by atoms with Crippen molar-refractivity contribution in [1.82, 2.24) is 4.90 Å².